The molecular weight excluding hydrogens is 504 g/mol. The van der Waals surface area contributed by atoms with Crippen LogP contribution in [0.15, 0.2) is 71.9 Å². The fourth-order valence-electron chi connectivity index (χ4n) is 3.53. The number of unbranched alkanes of at least 4 members (excludes halogenated alkanes) is 1. The number of sulfonamides is 1. The summed E-state index contributed by atoms with van der Waals surface area (Å²) < 4.78 is 27.9. The largest absolute Gasteiger partial charge is 0.279 e. The van der Waals surface area contributed by atoms with Crippen molar-refractivity contribution in [2.45, 2.75) is 31.2 Å². The summed E-state index contributed by atoms with van der Waals surface area (Å²) in [5, 5.41) is 1.01. The van der Waals surface area contributed by atoms with E-state index in [9.17, 15) is 13.2 Å². The van der Waals surface area contributed by atoms with Gasteiger partial charge >= 0.3 is 0 Å². The van der Waals surface area contributed by atoms with Crippen molar-refractivity contribution in [2.75, 3.05) is 18.5 Å². The van der Waals surface area contributed by atoms with Crippen LogP contribution in [0.5, 0.6) is 0 Å². The van der Waals surface area contributed by atoms with Gasteiger partial charge in [0.05, 0.1) is 21.2 Å². The Morgan fingerprint density at radius 1 is 1.09 bits per heavy atom. The topological polar surface area (TPSA) is 83.5 Å². The van der Waals surface area contributed by atoms with E-state index in [1.54, 1.807) is 42.5 Å². The van der Waals surface area contributed by atoms with Gasteiger partial charge in [-0.15, -0.1) is 0 Å². The molecule has 0 aliphatic heterocycles. The third kappa shape index (κ3) is 5.54. The number of fused-ring (bicyclic) bond motifs is 1. The van der Waals surface area contributed by atoms with Crippen molar-refractivity contribution in [1.29, 1.82) is 0 Å². The molecule has 0 saturated carbocycles. The van der Waals surface area contributed by atoms with E-state index in [-0.39, 0.29) is 17.3 Å². The first kappa shape index (κ1) is 25.2. The zero-order chi connectivity index (χ0) is 25.0. The first-order chi connectivity index (χ1) is 16.8. The standard InChI is InChI=1S/C25H25ClN4O3S2/c1-3-4-15-29(2)35(32,33)20-12-10-19(11-13-20)24(31)30(17-18-7-6-14-27-16-18)25-28-23-21(26)8-5-9-22(23)34-25/h5-14,16H,3-4,15,17H2,1-2H3. The summed E-state index contributed by atoms with van der Waals surface area (Å²) in [5.41, 5.74) is 1.83. The number of amides is 1. The number of hydrogen-bond acceptors (Lipinski definition) is 6. The van der Waals surface area contributed by atoms with Crippen molar-refractivity contribution in [2.24, 2.45) is 0 Å². The minimum atomic E-state index is -3.62. The molecular formula is C25H25ClN4O3S2. The van der Waals surface area contributed by atoms with Crippen molar-refractivity contribution in [3.8, 4) is 0 Å². The molecule has 182 valence electrons. The monoisotopic (exact) mass is 528 g/mol. The molecule has 2 heterocycles. The van der Waals surface area contributed by atoms with Gasteiger partial charge in [0.1, 0.15) is 5.52 Å². The Kier molecular flexibility index (Phi) is 7.81. The van der Waals surface area contributed by atoms with Gasteiger partial charge in [0.25, 0.3) is 5.91 Å². The van der Waals surface area contributed by atoms with E-state index in [0.717, 1.165) is 23.1 Å². The first-order valence-corrected chi connectivity index (χ1v) is 13.8. The van der Waals surface area contributed by atoms with E-state index in [4.69, 9.17) is 11.6 Å². The van der Waals surface area contributed by atoms with Gasteiger partial charge in [-0.3, -0.25) is 14.7 Å². The van der Waals surface area contributed by atoms with Crippen LogP contribution in [-0.4, -0.2) is 42.2 Å². The SMILES string of the molecule is CCCCN(C)S(=O)(=O)c1ccc(C(=O)N(Cc2cccnc2)c2nc3c(Cl)cccc3s2)cc1. The molecule has 0 radical (unpaired) electrons. The van der Waals surface area contributed by atoms with Crippen molar-refractivity contribution in [3.05, 3.63) is 83.1 Å². The Morgan fingerprint density at radius 2 is 1.86 bits per heavy atom. The zero-order valence-corrected chi connectivity index (χ0v) is 21.8. The molecule has 0 N–H and O–H groups in total. The number of para-hydroxylation sites is 1. The number of hydrogen-bond donors (Lipinski definition) is 0. The van der Waals surface area contributed by atoms with E-state index < -0.39 is 10.0 Å². The molecule has 0 aliphatic rings. The number of carbonyl (C=O) groups is 1. The van der Waals surface area contributed by atoms with Gasteiger partial charge in [0, 0.05) is 31.5 Å². The van der Waals surface area contributed by atoms with E-state index >= 15 is 0 Å². The molecule has 7 nitrogen and oxygen atoms in total. The van der Waals surface area contributed by atoms with Crippen LogP contribution in [0.3, 0.4) is 0 Å². The van der Waals surface area contributed by atoms with Gasteiger partial charge in [-0.2, -0.15) is 0 Å². The van der Waals surface area contributed by atoms with Gasteiger partial charge in [0.15, 0.2) is 5.13 Å². The van der Waals surface area contributed by atoms with E-state index in [2.05, 4.69) is 9.97 Å². The third-order valence-electron chi connectivity index (χ3n) is 5.53. The minimum absolute atomic E-state index is 0.151. The maximum Gasteiger partial charge on any atom is 0.260 e. The van der Waals surface area contributed by atoms with Gasteiger partial charge < -0.3 is 0 Å². The molecule has 4 rings (SSSR count). The average Bonchev–Trinajstić information content (AvgIpc) is 3.31. The van der Waals surface area contributed by atoms with Gasteiger partial charge in [-0.25, -0.2) is 17.7 Å². The number of benzene rings is 2. The number of nitrogens with zero attached hydrogens (tertiary/aromatic N) is 4. The van der Waals surface area contributed by atoms with Crippen LogP contribution in [-0.2, 0) is 16.6 Å². The van der Waals surface area contributed by atoms with Gasteiger partial charge in [0.2, 0.25) is 10.0 Å². The highest BCUT2D eigenvalue weighted by Gasteiger charge is 2.24. The molecule has 0 spiro atoms. The molecule has 0 aliphatic carbocycles. The second-order valence-electron chi connectivity index (χ2n) is 8.04. The molecule has 0 fully saturated rings. The van der Waals surface area contributed by atoms with Crippen molar-refractivity contribution in [3.63, 3.8) is 0 Å². The normalized spacial score (nSPS) is 11.8. The number of aromatic nitrogens is 2. The molecule has 0 unspecified atom stereocenters. The minimum Gasteiger partial charge on any atom is -0.279 e. The lowest BCUT2D eigenvalue weighted by molar-refractivity contribution is 0.0985. The predicted molar refractivity (Wildman–Crippen MR) is 141 cm³/mol. The van der Waals surface area contributed by atoms with Crippen molar-refractivity contribution < 1.29 is 13.2 Å². The maximum absolute atomic E-state index is 13.6. The Morgan fingerprint density at radius 3 is 2.51 bits per heavy atom. The molecule has 0 saturated heterocycles. The number of anilines is 1. The third-order valence-corrected chi connectivity index (χ3v) is 8.75. The number of pyridine rings is 1. The summed E-state index contributed by atoms with van der Waals surface area (Å²) in [6, 6.07) is 15.2. The Labute approximate surface area is 214 Å². The molecule has 2 aromatic heterocycles. The zero-order valence-electron chi connectivity index (χ0n) is 19.4. The summed E-state index contributed by atoms with van der Waals surface area (Å²) in [7, 11) is -2.05. The lowest BCUT2D eigenvalue weighted by atomic mass is 10.2. The van der Waals surface area contributed by atoms with E-state index in [0.29, 0.717) is 27.8 Å². The Balaban J connectivity index is 1.67. The number of thiazole rings is 1. The van der Waals surface area contributed by atoms with Crippen LogP contribution in [0.1, 0.15) is 35.7 Å². The summed E-state index contributed by atoms with van der Waals surface area (Å²) >= 11 is 7.69. The Hall–Kier alpha value is -2.85. The molecule has 0 atom stereocenters. The summed E-state index contributed by atoms with van der Waals surface area (Å²) in [4.78, 5) is 24.1. The number of carbonyl (C=O) groups excluding carboxylic acids is 1. The van der Waals surface area contributed by atoms with Crippen LogP contribution in [0.25, 0.3) is 10.2 Å². The highest BCUT2D eigenvalue weighted by atomic mass is 35.5. The summed E-state index contributed by atoms with van der Waals surface area (Å²) in [6.07, 6.45) is 5.05. The lowest BCUT2D eigenvalue weighted by Gasteiger charge is -2.20. The molecule has 2 aromatic carbocycles. The molecule has 1 amide bonds. The fraction of sp³-hybridized carbons (Fsp3) is 0.240. The molecule has 0 bridgehead atoms. The van der Waals surface area contributed by atoms with E-state index in [1.807, 2.05) is 31.2 Å². The van der Waals surface area contributed by atoms with Crippen LogP contribution in [0, 0.1) is 0 Å². The second kappa shape index (κ2) is 10.8. The summed E-state index contributed by atoms with van der Waals surface area (Å²) in [6.45, 7) is 2.71. The predicted octanol–water partition coefficient (Wildman–Crippen LogP) is 5.61. The molecule has 4 aromatic rings. The maximum atomic E-state index is 13.6. The van der Waals surface area contributed by atoms with Crippen molar-refractivity contribution >= 4 is 54.2 Å². The smallest absolute Gasteiger partial charge is 0.260 e. The lowest BCUT2D eigenvalue weighted by Crippen LogP contribution is -2.31. The fourth-order valence-corrected chi connectivity index (χ4v) is 6.00. The van der Waals surface area contributed by atoms with Crippen LogP contribution in [0.2, 0.25) is 5.02 Å². The quantitative estimate of drug-likeness (QED) is 0.282. The van der Waals surface area contributed by atoms with E-state index in [1.165, 1.54) is 27.8 Å². The average molecular weight is 529 g/mol. The summed E-state index contributed by atoms with van der Waals surface area (Å²) in [5.74, 6) is -0.299. The second-order valence-corrected chi connectivity index (χ2v) is 11.5. The highest BCUT2D eigenvalue weighted by Crippen LogP contribution is 2.34. The molecule has 35 heavy (non-hydrogen) atoms. The number of halogens is 1. The van der Waals surface area contributed by atoms with Crippen LogP contribution < -0.4 is 4.90 Å². The van der Waals surface area contributed by atoms with Crippen LogP contribution in [0.4, 0.5) is 5.13 Å². The van der Waals surface area contributed by atoms with Crippen molar-refractivity contribution in [1.82, 2.24) is 14.3 Å². The number of rotatable bonds is 9. The van der Waals surface area contributed by atoms with Crippen LogP contribution >= 0.6 is 22.9 Å². The molecule has 10 heteroatoms. The Bertz CT molecular complexity index is 1420. The highest BCUT2D eigenvalue weighted by molar-refractivity contribution is 7.89. The first-order valence-electron chi connectivity index (χ1n) is 11.1. The van der Waals surface area contributed by atoms with Gasteiger partial charge in [-0.1, -0.05) is 48.4 Å². The van der Waals surface area contributed by atoms with Gasteiger partial charge in [-0.05, 0) is 54.4 Å².